The highest BCUT2D eigenvalue weighted by atomic mass is 16.6. The van der Waals surface area contributed by atoms with Crippen molar-refractivity contribution < 1.29 is 14.1 Å². The van der Waals surface area contributed by atoms with Gasteiger partial charge in [0.15, 0.2) is 0 Å². The number of hydrogen-bond donors (Lipinski definition) is 0. The van der Waals surface area contributed by atoms with Gasteiger partial charge in [0.1, 0.15) is 5.76 Å². The van der Waals surface area contributed by atoms with E-state index in [0.29, 0.717) is 19.0 Å². The summed E-state index contributed by atoms with van der Waals surface area (Å²) in [7, 11) is 0. The monoisotopic (exact) mass is 406 g/mol. The minimum atomic E-state index is -0.386. The molecule has 8 heteroatoms. The van der Waals surface area contributed by atoms with Crippen LogP contribution in [0.15, 0.2) is 74.1 Å². The first kappa shape index (κ1) is 19.8. The van der Waals surface area contributed by atoms with Gasteiger partial charge in [-0.2, -0.15) is 10.2 Å². The first-order valence-corrected chi connectivity index (χ1v) is 9.82. The Morgan fingerprint density at radius 1 is 1.03 bits per heavy atom. The van der Waals surface area contributed by atoms with Crippen molar-refractivity contribution in [2.75, 3.05) is 26.3 Å². The lowest BCUT2D eigenvalue weighted by Crippen LogP contribution is -2.36. The van der Waals surface area contributed by atoms with E-state index in [1.165, 1.54) is 17.7 Å². The number of nitro groups is 1. The minimum absolute atomic E-state index is 0.0924. The molecule has 1 fully saturated rings. The summed E-state index contributed by atoms with van der Waals surface area (Å²) >= 11 is 0. The molecule has 1 aliphatic carbocycles. The van der Waals surface area contributed by atoms with Gasteiger partial charge in [-0.05, 0) is 59.9 Å². The summed E-state index contributed by atoms with van der Waals surface area (Å²) in [5.41, 5.74) is 4.52. The van der Waals surface area contributed by atoms with Crippen LogP contribution in [0.1, 0.15) is 24.2 Å². The van der Waals surface area contributed by atoms with Crippen molar-refractivity contribution in [2.24, 2.45) is 10.2 Å². The van der Waals surface area contributed by atoms with Crippen molar-refractivity contribution in [1.82, 2.24) is 4.90 Å². The van der Waals surface area contributed by atoms with E-state index in [1.807, 2.05) is 6.07 Å². The maximum Gasteiger partial charge on any atom is 0.269 e. The van der Waals surface area contributed by atoms with Crippen LogP contribution >= 0.6 is 0 Å². The molecule has 8 nitrogen and oxygen atoms in total. The number of rotatable bonds is 6. The number of non-ortho nitro benzene ring substituents is 1. The Hall–Kier alpha value is -3.52. The maximum atomic E-state index is 10.9. The zero-order valence-corrected chi connectivity index (χ0v) is 16.4. The maximum absolute atomic E-state index is 10.9. The standard InChI is InChI=1S/C22H22N4O4/c27-26(28)20-7-3-17(4-8-20)14-18-5-6-19(22(18)25-9-12-29-13-10-25)15-23-24-16-21-2-1-11-30-21/h1-4,7-8,11,14-16H,5-6,9-10,12-13H2/b18-14+,23-15-,24-16+. The fourth-order valence-electron chi connectivity index (χ4n) is 3.62. The molecule has 0 bridgehead atoms. The van der Waals surface area contributed by atoms with Gasteiger partial charge in [-0.25, -0.2) is 0 Å². The summed E-state index contributed by atoms with van der Waals surface area (Å²) in [5.74, 6) is 0.653. The van der Waals surface area contributed by atoms with Crippen molar-refractivity contribution in [3.05, 3.63) is 80.9 Å². The highest BCUT2D eigenvalue weighted by Crippen LogP contribution is 2.35. The summed E-state index contributed by atoms with van der Waals surface area (Å²) in [5, 5.41) is 19.2. The summed E-state index contributed by atoms with van der Waals surface area (Å²) in [4.78, 5) is 12.8. The molecule has 1 aromatic carbocycles. The Morgan fingerprint density at radius 3 is 2.50 bits per heavy atom. The Bertz CT molecular complexity index is 998. The van der Waals surface area contributed by atoms with E-state index in [-0.39, 0.29) is 10.6 Å². The lowest BCUT2D eigenvalue weighted by Gasteiger charge is -2.31. The van der Waals surface area contributed by atoms with E-state index >= 15 is 0 Å². The van der Waals surface area contributed by atoms with Crippen LogP contribution in [0, 0.1) is 10.1 Å². The average molecular weight is 406 g/mol. The molecule has 0 atom stereocenters. The van der Waals surface area contributed by atoms with E-state index in [0.717, 1.165) is 42.8 Å². The first-order chi connectivity index (χ1) is 14.7. The largest absolute Gasteiger partial charge is 0.463 e. The van der Waals surface area contributed by atoms with Gasteiger partial charge in [0.2, 0.25) is 0 Å². The lowest BCUT2D eigenvalue weighted by atomic mass is 10.1. The van der Waals surface area contributed by atoms with Crippen LogP contribution in [0.4, 0.5) is 5.69 Å². The smallest absolute Gasteiger partial charge is 0.269 e. The fraction of sp³-hybridized carbons (Fsp3) is 0.273. The van der Waals surface area contributed by atoms with Gasteiger partial charge in [0.25, 0.3) is 5.69 Å². The number of allylic oxidation sites excluding steroid dienone is 2. The number of furan rings is 1. The van der Waals surface area contributed by atoms with Gasteiger partial charge in [0.05, 0.1) is 36.8 Å². The molecule has 0 amide bonds. The second-order valence-electron chi connectivity index (χ2n) is 7.00. The Balaban J connectivity index is 1.60. The summed E-state index contributed by atoms with van der Waals surface area (Å²) in [6, 6.07) is 10.2. The molecule has 2 heterocycles. The van der Waals surface area contributed by atoms with Crippen molar-refractivity contribution in [1.29, 1.82) is 0 Å². The molecule has 2 aliphatic rings. The van der Waals surface area contributed by atoms with Gasteiger partial charge in [0, 0.05) is 30.9 Å². The zero-order valence-electron chi connectivity index (χ0n) is 16.4. The van der Waals surface area contributed by atoms with Crippen molar-refractivity contribution >= 4 is 24.2 Å². The fourth-order valence-corrected chi connectivity index (χ4v) is 3.62. The second-order valence-corrected chi connectivity index (χ2v) is 7.00. The van der Waals surface area contributed by atoms with Gasteiger partial charge in [-0.15, -0.1) is 0 Å². The molecule has 0 N–H and O–H groups in total. The van der Waals surface area contributed by atoms with Gasteiger partial charge in [-0.3, -0.25) is 10.1 Å². The molecular weight excluding hydrogens is 384 g/mol. The van der Waals surface area contributed by atoms with Crippen LogP contribution < -0.4 is 0 Å². The SMILES string of the molecule is O=[N+]([O-])c1ccc(/C=C2\CCC(/C=N\N=C\c3ccco3)=C2N2CCOCC2)cc1. The van der Waals surface area contributed by atoms with Crippen LogP contribution in [0.25, 0.3) is 6.08 Å². The van der Waals surface area contributed by atoms with E-state index < -0.39 is 0 Å². The van der Waals surface area contributed by atoms with E-state index in [1.54, 1.807) is 36.9 Å². The molecule has 4 rings (SSSR count). The Morgan fingerprint density at radius 2 is 1.80 bits per heavy atom. The van der Waals surface area contributed by atoms with Gasteiger partial charge in [-0.1, -0.05) is 0 Å². The van der Waals surface area contributed by atoms with Gasteiger partial charge >= 0.3 is 0 Å². The Labute approximate surface area is 174 Å². The highest BCUT2D eigenvalue weighted by Gasteiger charge is 2.25. The lowest BCUT2D eigenvalue weighted by molar-refractivity contribution is -0.384. The third kappa shape index (κ3) is 4.72. The number of benzene rings is 1. The van der Waals surface area contributed by atoms with E-state index in [4.69, 9.17) is 9.15 Å². The quantitative estimate of drug-likeness (QED) is 0.410. The molecule has 2 aromatic rings. The molecule has 0 radical (unpaired) electrons. The molecule has 1 aliphatic heterocycles. The zero-order chi connectivity index (χ0) is 20.8. The molecule has 30 heavy (non-hydrogen) atoms. The number of morpholine rings is 1. The van der Waals surface area contributed by atoms with E-state index in [9.17, 15) is 10.1 Å². The third-order valence-electron chi connectivity index (χ3n) is 5.05. The Kier molecular flexibility index (Phi) is 6.14. The number of nitro benzene ring substituents is 1. The minimum Gasteiger partial charge on any atom is -0.463 e. The normalized spacial score (nSPS) is 18.9. The molecule has 0 unspecified atom stereocenters. The topological polar surface area (TPSA) is 93.5 Å². The first-order valence-electron chi connectivity index (χ1n) is 9.82. The van der Waals surface area contributed by atoms with Crippen LogP contribution in [0.5, 0.6) is 0 Å². The summed E-state index contributed by atoms with van der Waals surface area (Å²) < 4.78 is 10.7. The number of nitrogens with zero attached hydrogens (tertiary/aromatic N) is 4. The van der Waals surface area contributed by atoms with Crippen molar-refractivity contribution in [2.45, 2.75) is 12.8 Å². The average Bonchev–Trinajstić information content (AvgIpc) is 3.42. The molecule has 1 saturated heterocycles. The number of hydrogen-bond acceptors (Lipinski definition) is 7. The molecule has 154 valence electrons. The van der Waals surface area contributed by atoms with E-state index in [2.05, 4.69) is 21.2 Å². The molecular formula is C22H22N4O4. The van der Waals surface area contributed by atoms with Gasteiger partial charge < -0.3 is 14.1 Å². The second kappa shape index (κ2) is 9.32. The molecule has 1 aromatic heterocycles. The molecule has 0 spiro atoms. The summed E-state index contributed by atoms with van der Waals surface area (Å²) in [6.45, 7) is 3.02. The van der Waals surface area contributed by atoms with Crippen LogP contribution in [0.2, 0.25) is 0 Å². The highest BCUT2D eigenvalue weighted by molar-refractivity contribution is 5.84. The number of ether oxygens (including phenoxy) is 1. The predicted octanol–water partition coefficient (Wildman–Crippen LogP) is 4.06. The van der Waals surface area contributed by atoms with Crippen LogP contribution in [-0.4, -0.2) is 48.6 Å². The molecule has 0 saturated carbocycles. The summed E-state index contributed by atoms with van der Waals surface area (Å²) in [6.07, 6.45) is 8.82. The van der Waals surface area contributed by atoms with Crippen molar-refractivity contribution in [3.63, 3.8) is 0 Å². The third-order valence-corrected chi connectivity index (χ3v) is 5.05. The predicted molar refractivity (Wildman–Crippen MR) is 115 cm³/mol. The van der Waals surface area contributed by atoms with Crippen LogP contribution in [-0.2, 0) is 4.74 Å². The van der Waals surface area contributed by atoms with Crippen LogP contribution in [0.3, 0.4) is 0 Å². The van der Waals surface area contributed by atoms with Crippen molar-refractivity contribution in [3.8, 4) is 0 Å².